The van der Waals surface area contributed by atoms with Crippen molar-refractivity contribution < 1.29 is 9.53 Å². The Morgan fingerprint density at radius 3 is 2.57 bits per heavy atom. The summed E-state index contributed by atoms with van der Waals surface area (Å²) in [5.74, 6) is -0.0911. The number of nitrogens with two attached hydrogens (primary N) is 1. The average Bonchev–Trinajstić information content (AvgIpc) is 2.53. The van der Waals surface area contributed by atoms with Crippen LogP contribution in [0.15, 0.2) is 36.5 Å². The fraction of sp³-hybridized carbons (Fsp3) is 0.188. The number of aromatic nitrogens is 1. The van der Waals surface area contributed by atoms with E-state index in [1.54, 1.807) is 24.4 Å². The van der Waals surface area contributed by atoms with Gasteiger partial charge in [-0.2, -0.15) is 5.26 Å². The summed E-state index contributed by atoms with van der Waals surface area (Å²) >= 11 is 0. The number of hydrogen-bond donors (Lipinski definition) is 1. The first kappa shape index (κ1) is 14.5. The first-order valence-corrected chi connectivity index (χ1v) is 6.46. The first-order valence-electron chi connectivity index (χ1n) is 6.46. The van der Waals surface area contributed by atoms with Crippen molar-refractivity contribution in [3.63, 3.8) is 0 Å². The number of rotatable bonds is 4. The zero-order chi connectivity index (χ0) is 15.2. The number of anilines is 1. The van der Waals surface area contributed by atoms with Gasteiger partial charge in [-0.1, -0.05) is 12.1 Å². The molecule has 2 aromatic rings. The van der Waals surface area contributed by atoms with Gasteiger partial charge in [0.2, 0.25) is 0 Å². The Balaban J connectivity index is 2.03. The zero-order valence-electron chi connectivity index (χ0n) is 11.7. The topological polar surface area (TPSA) is 89.0 Å². The number of nitriles is 1. The van der Waals surface area contributed by atoms with Crippen molar-refractivity contribution in [3.8, 4) is 6.07 Å². The number of pyridine rings is 1. The van der Waals surface area contributed by atoms with Crippen LogP contribution in [0.3, 0.4) is 0 Å². The first-order chi connectivity index (χ1) is 10.1. The fourth-order valence-corrected chi connectivity index (χ4v) is 1.96. The maximum Gasteiger partial charge on any atom is 0.337 e. The monoisotopic (exact) mass is 281 g/mol. The minimum Gasteiger partial charge on any atom is -0.465 e. The molecular formula is C16H15N3O2. The number of aryl methyl sites for hydroxylation is 2. The molecule has 1 heterocycles. The molecule has 0 fully saturated rings. The molecule has 0 bridgehead atoms. The summed E-state index contributed by atoms with van der Waals surface area (Å²) in [5.41, 5.74) is 8.57. The minimum absolute atomic E-state index is 0.253. The van der Waals surface area contributed by atoms with Gasteiger partial charge in [0.1, 0.15) is 11.9 Å². The van der Waals surface area contributed by atoms with Gasteiger partial charge in [0, 0.05) is 6.20 Å². The van der Waals surface area contributed by atoms with Gasteiger partial charge in [-0.15, -0.1) is 0 Å². The van der Waals surface area contributed by atoms with Crippen LogP contribution in [0.4, 0.5) is 5.82 Å². The molecule has 0 aliphatic rings. The molecule has 1 aromatic heterocycles. The summed E-state index contributed by atoms with van der Waals surface area (Å²) in [6, 6.07) is 11.0. The third-order valence-corrected chi connectivity index (χ3v) is 3.17. The number of ether oxygens (including phenoxy) is 1. The van der Waals surface area contributed by atoms with E-state index in [1.165, 1.54) is 7.11 Å². The normalized spacial score (nSPS) is 9.90. The van der Waals surface area contributed by atoms with E-state index in [4.69, 9.17) is 11.0 Å². The molecule has 2 N–H and O–H groups in total. The van der Waals surface area contributed by atoms with Gasteiger partial charge in [-0.3, -0.25) is 0 Å². The van der Waals surface area contributed by atoms with Crippen LogP contribution in [-0.4, -0.2) is 18.1 Å². The van der Waals surface area contributed by atoms with Crippen LogP contribution < -0.4 is 5.73 Å². The van der Waals surface area contributed by atoms with Crippen molar-refractivity contribution in [1.29, 1.82) is 5.26 Å². The standard InChI is InChI=1S/C16H15N3O2/c1-21-16(20)13-6-4-11(5-7-13)2-3-12-8-14(9-17)15(18)19-10-12/h4-8,10H,2-3H2,1H3,(H2,18,19). The largest absolute Gasteiger partial charge is 0.465 e. The number of nitrogens with zero attached hydrogens (tertiary/aromatic N) is 2. The highest BCUT2D eigenvalue weighted by atomic mass is 16.5. The molecule has 5 nitrogen and oxygen atoms in total. The van der Waals surface area contributed by atoms with Gasteiger partial charge in [0.25, 0.3) is 0 Å². The summed E-state index contributed by atoms with van der Waals surface area (Å²) in [6.45, 7) is 0. The van der Waals surface area contributed by atoms with E-state index in [-0.39, 0.29) is 11.8 Å². The number of methoxy groups -OCH3 is 1. The number of carbonyl (C=O) groups is 1. The van der Waals surface area contributed by atoms with Gasteiger partial charge in [-0.05, 0) is 42.2 Å². The number of benzene rings is 1. The molecule has 0 unspecified atom stereocenters. The number of hydrogen-bond acceptors (Lipinski definition) is 5. The summed E-state index contributed by atoms with van der Waals surface area (Å²) in [5, 5.41) is 8.92. The van der Waals surface area contributed by atoms with Crippen LogP contribution in [0.5, 0.6) is 0 Å². The van der Waals surface area contributed by atoms with Crippen LogP contribution in [0.25, 0.3) is 0 Å². The Kier molecular flexibility index (Phi) is 4.52. The van der Waals surface area contributed by atoms with Crippen LogP contribution >= 0.6 is 0 Å². The Morgan fingerprint density at radius 2 is 1.95 bits per heavy atom. The molecule has 0 atom stereocenters. The van der Waals surface area contributed by atoms with E-state index in [0.717, 1.165) is 24.0 Å². The fourth-order valence-electron chi connectivity index (χ4n) is 1.96. The highest BCUT2D eigenvalue weighted by Gasteiger charge is 2.05. The van der Waals surface area contributed by atoms with Gasteiger partial charge in [-0.25, -0.2) is 9.78 Å². The average molecular weight is 281 g/mol. The van der Waals surface area contributed by atoms with Crippen molar-refractivity contribution in [2.24, 2.45) is 0 Å². The molecule has 0 aliphatic carbocycles. The lowest BCUT2D eigenvalue weighted by molar-refractivity contribution is 0.0600. The van der Waals surface area contributed by atoms with Crippen LogP contribution in [0.2, 0.25) is 0 Å². The lowest BCUT2D eigenvalue weighted by atomic mass is 10.0. The van der Waals surface area contributed by atoms with Crippen molar-refractivity contribution in [2.75, 3.05) is 12.8 Å². The summed E-state index contributed by atoms with van der Waals surface area (Å²) in [6.07, 6.45) is 3.22. The van der Waals surface area contributed by atoms with Gasteiger partial charge in [0.05, 0.1) is 18.2 Å². The molecular weight excluding hydrogens is 266 g/mol. The lowest BCUT2D eigenvalue weighted by Crippen LogP contribution is -2.01. The third-order valence-electron chi connectivity index (χ3n) is 3.17. The van der Waals surface area contributed by atoms with E-state index in [2.05, 4.69) is 9.72 Å². The second kappa shape index (κ2) is 6.53. The molecule has 0 aliphatic heterocycles. The van der Waals surface area contributed by atoms with Crippen molar-refractivity contribution >= 4 is 11.8 Å². The molecule has 0 radical (unpaired) electrons. The molecule has 2 rings (SSSR count). The van der Waals surface area contributed by atoms with Crippen molar-refractivity contribution in [3.05, 3.63) is 58.8 Å². The highest BCUT2D eigenvalue weighted by molar-refractivity contribution is 5.89. The van der Waals surface area contributed by atoms with E-state index < -0.39 is 0 Å². The molecule has 1 aromatic carbocycles. The number of nitrogen functional groups attached to an aromatic ring is 1. The van der Waals surface area contributed by atoms with Crippen LogP contribution in [0.1, 0.15) is 27.0 Å². The van der Waals surface area contributed by atoms with Crippen molar-refractivity contribution in [1.82, 2.24) is 4.98 Å². The van der Waals surface area contributed by atoms with E-state index in [9.17, 15) is 4.79 Å². The maximum absolute atomic E-state index is 11.3. The summed E-state index contributed by atoms with van der Waals surface area (Å²) < 4.78 is 4.65. The van der Waals surface area contributed by atoms with Gasteiger partial charge in [0.15, 0.2) is 0 Å². The second-order valence-electron chi connectivity index (χ2n) is 4.58. The van der Waals surface area contributed by atoms with Gasteiger partial charge >= 0.3 is 5.97 Å². The maximum atomic E-state index is 11.3. The van der Waals surface area contributed by atoms with Gasteiger partial charge < -0.3 is 10.5 Å². The quantitative estimate of drug-likeness (QED) is 0.867. The van der Waals surface area contributed by atoms with E-state index >= 15 is 0 Å². The molecule has 21 heavy (non-hydrogen) atoms. The Labute approximate surface area is 123 Å². The number of esters is 1. The second-order valence-corrected chi connectivity index (χ2v) is 4.58. The predicted octanol–water partition coefficient (Wildman–Crippen LogP) is 2.11. The van der Waals surface area contributed by atoms with E-state index in [1.807, 2.05) is 18.2 Å². The molecule has 106 valence electrons. The SMILES string of the molecule is COC(=O)c1ccc(CCc2cnc(N)c(C#N)c2)cc1. The smallest absolute Gasteiger partial charge is 0.337 e. The van der Waals surface area contributed by atoms with Crippen LogP contribution in [0, 0.1) is 11.3 Å². The molecule has 0 saturated heterocycles. The van der Waals surface area contributed by atoms with Crippen LogP contribution in [-0.2, 0) is 17.6 Å². The van der Waals surface area contributed by atoms with Crippen molar-refractivity contribution in [2.45, 2.75) is 12.8 Å². The minimum atomic E-state index is -0.344. The number of carbonyl (C=O) groups excluding carboxylic acids is 1. The van der Waals surface area contributed by atoms with E-state index in [0.29, 0.717) is 11.1 Å². The molecule has 0 spiro atoms. The predicted molar refractivity (Wildman–Crippen MR) is 78.6 cm³/mol. The Bertz CT molecular complexity index is 688. The molecule has 0 saturated carbocycles. The molecule has 5 heteroatoms. The lowest BCUT2D eigenvalue weighted by Gasteiger charge is -2.05. The molecule has 0 amide bonds. The third kappa shape index (κ3) is 3.57. The zero-order valence-corrected chi connectivity index (χ0v) is 11.7. The summed E-state index contributed by atoms with van der Waals surface area (Å²) in [7, 11) is 1.36. The highest BCUT2D eigenvalue weighted by Crippen LogP contribution is 2.13. The Morgan fingerprint density at radius 1 is 1.29 bits per heavy atom. The summed E-state index contributed by atoms with van der Waals surface area (Å²) in [4.78, 5) is 15.3. The Hall–Kier alpha value is -2.87.